The molecule has 1 rings (SSSR count). The van der Waals surface area contributed by atoms with Crippen LogP contribution in [0.1, 0.15) is 18.4 Å². The molecule has 0 aliphatic rings. The summed E-state index contributed by atoms with van der Waals surface area (Å²) in [5, 5.41) is 6.43. The average molecular weight is 261 g/mol. The molecule has 0 radical (unpaired) electrons. The Balaban J connectivity index is 2.59. The highest BCUT2D eigenvalue weighted by Gasteiger charge is 2.11. The molecule has 104 valence electrons. The van der Waals surface area contributed by atoms with Crippen LogP contribution in [0.4, 0.5) is 0 Å². The van der Waals surface area contributed by atoms with Gasteiger partial charge in [0.2, 0.25) is 0 Å². The molecule has 0 heterocycles. The summed E-state index contributed by atoms with van der Waals surface area (Å²) in [7, 11) is 3.45. The van der Waals surface area contributed by atoms with Crippen molar-refractivity contribution in [2.75, 3.05) is 27.2 Å². The predicted molar refractivity (Wildman–Crippen MR) is 81.0 cm³/mol. The molecule has 1 aromatic carbocycles. The molecule has 0 aromatic heterocycles. The second kappa shape index (κ2) is 8.19. The number of nitrogens with one attached hydrogen (secondary N) is 2. The smallest absolute Gasteiger partial charge is 0.191 e. The fourth-order valence-electron chi connectivity index (χ4n) is 1.82. The highest BCUT2D eigenvalue weighted by Crippen LogP contribution is 2.25. The number of aliphatic imine (C=N–C) groups is 1. The minimum absolute atomic E-state index is 0.332. The van der Waals surface area contributed by atoms with Crippen LogP contribution in [0, 0.1) is 0 Å². The standard InChI is InChI=1S/C15H23N3O/c1-5-10-17-15(16-3)18-11-12(2)13-8-6-7-9-14(13)19-4/h5-9,12H,1,10-11H2,2-4H3,(H2,16,17,18). The van der Waals surface area contributed by atoms with Crippen LogP contribution in [0.3, 0.4) is 0 Å². The van der Waals surface area contributed by atoms with Gasteiger partial charge in [-0.1, -0.05) is 31.2 Å². The second-order valence-electron chi connectivity index (χ2n) is 4.27. The van der Waals surface area contributed by atoms with Crippen LogP contribution in [0.25, 0.3) is 0 Å². The van der Waals surface area contributed by atoms with Crippen molar-refractivity contribution in [3.63, 3.8) is 0 Å². The van der Waals surface area contributed by atoms with Crippen molar-refractivity contribution >= 4 is 5.96 Å². The van der Waals surface area contributed by atoms with E-state index in [1.54, 1.807) is 20.2 Å². The largest absolute Gasteiger partial charge is 0.496 e. The van der Waals surface area contributed by atoms with Crippen LogP contribution in [0.2, 0.25) is 0 Å². The van der Waals surface area contributed by atoms with Gasteiger partial charge in [-0.2, -0.15) is 0 Å². The monoisotopic (exact) mass is 261 g/mol. The van der Waals surface area contributed by atoms with E-state index in [-0.39, 0.29) is 0 Å². The van der Waals surface area contributed by atoms with E-state index in [1.807, 2.05) is 18.2 Å². The van der Waals surface area contributed by atoms with E-state index in [2.05, 4.69) is 35.2 Å². The van der Waals surface area contributed by atoms with Crippen LogP contribution >= 0.6 is 0 Å². The minimum atomic E-state index is 0.332. The van der Waals surface area contributed by atoms with Crippen LogP contribution < -0.4 is 15.4 Å². The van der Waals surface area contributed by atoms with Crippen LogP contribution in [0.5, 0.6) is 5.75 Å². The highest BCUT2D eigenvalue weighted by molar-refractivity contribution is 5.79. The molecule has 1 unspecified atom stereocenters. The number of benzene rings is 1. The molecule has 0 aliphatic carbocycles. The molecule has 19 heavy (non-hydrogen) atoms. The number of para-hydroxylation sites is 1. The molecule has 4 nitrogen and oxygen atoms in total. The van der Waals surface area contributed by atoms with E-state index < -0.39 is 0 Å². The lowest BCUT2D eigenvalue weighted by Crippen LogP contribution is -2.39. The van der Waals surface area contributed by atoms with Gasteiger partial charge in [0.15, 0.2) is 5.96 Å². The van der Waals surface area contributed by atoms with Crippen molar-refractivity contribution in [1.82, 2.24) is 10.6 Å². The number of hydrogen-bond donors (Lipinski definition) is 2. The summed E-state index contributed by atoms with van der Waals surface area (Å²) in [6.45, 7) is 7.32. The summed E-state index contributed by atoms with van der Waals surface area (Å²) < 4.78 is 5.38. The molecule has 1 aromatic rings. The summed E-state index contributed by atoms with van der Waals surface area (Å²) in [5.41, 5.74) is 1.19. The fraction of sp³-hybridized carbons (Fsp3) is 0.400. The molecule has 4 heteroatoms. The maximum Gasteiger partial charge on any atom is 0.191 e. The topological polar surface area (TPSA) is 45.7 Å². The Morgan fingerprint density at radius 1 is 1.42 bits per heavy atom. The number of guanidine groups is 1. The molecule has 1 atom stereocenters. The molecule has 0 aliphatic heterocycles. The fourth-order valence-corrected chi connectivity index (χ4v) is 1.82. The normalized spacial score (nSPS) is 12.7. The highest BCUT2D eigenvalue weighted by atomic mass is 16.5. The van der Waals surface area contributed by atoms with E-state index in [0.717, 1.165) is 18.3 Å². The Morgan fingerprint density at radius 3 is 2.79 bits per heavy atom. The lowest BCUT2D eigenvalue weighted by atomic mass is 10.0. The SMILES string of the molecule is C=CCNC(=NC)NCC(C)c1ccccc1OC. The Hall–Kier alpha value is -1.97. The van der Waals surface area contributed by atoms with Crippen molar-refractivity contribution in [2.24, 2.45) is 4.99 Å². The third-order valence-corrected chi connectivity index (χ3v) is 2.88. The maximum absolute atomic E-state index is 5.38. The van der Waals surface area contributed by atoms with Gasteiger partial charge in [0, 0.05) is 26.1 Å². The van der Waals surface area contributed by atoms with Crippen molar-refractivity contribution < 1.29 is 4.74 Å². The Morgan fingerprint density at radius 2 is 2.16 bits per heavy atom. The summed E-state index contributed by atoms with van der Waals surface area (Å²) in [4.78, 5) is 4.15. The Bertz CT molecular complexity index is 429. The average Bonchev–Trinajstić information content (AvgIpc) is 2.47. The Labute approximate surface area is 115 Å². The van der Waals surface area contributed by atoms with Gasteiger partial charge in [-0.05, 0) is 11.6 Å². The first-order valence-electron chi connectivity index (χ1n) is 6.41. The zero-order valence-electron chi connectivity index (χ0n) is 11.9. The summed E-state index contributed by atoms with van der Waals surface area (Å²) >= 11 is 0. The first kappa shape index (κ1) is 15.1. The van der Waals surface area contributed by atoms with Crippen LogP contribution in [-0.4, -0.2) is 33.2 Å². The third kappa shape index (κ3) is 4.66. The van der Waals surface area contributed by atoms with Crippen LogP contribution in [0.15, 0.2) is 41.9 Å². The molecule has 0 fully saturated rings. The molecule has 0 amide bonds. The molecular weight excluding hydrogens is 238 g/mol. The van der Waals surface area contributed by atoms with Gasteiger partial charge >= 0.3 is 0 Å². The molecule has 2 N–H and O–H groups in total. The number of nitrogens with zero attached hydrogens (tertiary/aromatic N) is 1. The second-order valence-corrected chi connectivity index (χ2v) is 4.27. The van der Waals surface area contributed by atoms with E-state index in [1.165, 1.54) is 5.56 Å². The summed E-state index contributed by atoms with van der Waals surface area (Å²) in [5.74, 6) is 2.03. The van der Waals surface area contributed by atoms with Gasteiger partial charge in [-0.15, -0.1) is 6.58 Å². The predicted octanol–water partition coefficient (Wildman–Crippen LogP) is 2.15. The van der Waals surface area contributed by atoms with Crippen LogP contribution in [-0.2, 0) is 0 Å². The van der Waals surface area contributed by atoms with Gasteiger partial charge < -0.3 is 15.4 Å². The lowest BCUT2D eigenvalue weighted by molar-refractivity contribution is 0.406. The maximum atomic E-state index is 5.38. The van der Waals surface area contributed by atoms with Gasteiger partial charge in [0.25, 0.3) is 0 Å². The first-order valence-corrected chi connectivity index (χ1v) is 6.41. The lowest BCUT2D eigenvalue weighted by Gasteiger charge is -2.18. The summed E-state index contributed by atoms with van der Waals surface area (Å²) in [6, 6.07) is 8.08. The molecule has 0 bridgehead atoms. The zero-order valence-corrected chi connectivity index (χ0v) is 11.9. The van der Waals surface area contributed by atoms with Gasteiger partial charge in [-0.25, -0.2) is 0 Å². The van der Waals surface area contributed by atoms with E-state index in [4.69, 9.17) is 4.74 Å². The van der Waals surface area contributed by atoms with Crippen molar-refractivity contribution in [3.05, 3.63) is 42.5 Å². The molecule has 0 saturated carbocycles. The molecule has 0 spiro atoms. The molecular formula is C15H23N3O. The van der Waals surface area contributed by atoms with Gasteiger partial charge in [0.05, 0.1) is 7.11 Å². The van der Waals surface area contributed by atoms with Gasteiger partial charge in [0.1, 0.15) is 5.75 Å². The molecule has 0 saturated heterocycles. The first-order chi connectivity index (χ1) is 9.22. The quantitative estimate of drug-likeness (QED) is 0.468. The number of hydrogen-bond acceptors (Lipinski definition) is 2. The minimum Gasteiger partial charge on any atom is -0.496 e. The Kier molecular flexibility index (Phi) is 6.50. The van der Waals surface area contributed by atoms with E-state index in [9.17, 15) is 0 Å². The van der Waals surface area contributed by atoms with Crippen molar-refractivity contribution in [2.45, 2.75) is 12.8 Å². The number of rotatable bonds is 6. The number of ether oxygens (including phenoxy) is 1. The van der Waals surface area contributed by atoms with E-state index in [0.29, 0.717) is 12.5 Å². The van der Waals surface area contributed by atoms with Gasteiger partial charge in [-0.3, -0.25) is 4.99 Å². The van der Waals surface area contributed by atoms with Crippen molar-refractivity contribution in [1.29, 1.82) is 0 Å². The zero-order chi connectivity index (χ0) is 14.1. The van der Waals surface area contributed by atoms with Crippen molar-refractivity contribution in [3.8, 4) is 5.75 Å². The van der Waals surface area contributed by atoms with E-state index >= 15 is 0 Å². The third-order valence-electron chi connectivity index (χ3n) is 2.88. The number of methoxy groups -OCH3 is 1. The summed E-state index contributed by atoms with van der Waals surface area (Å²) in [6.07, 6.45) is 1.80.